The van der Waals surface area contributed by atoms with Crippen molar-refractivity contribution in [1.29, 1.82) is 5.26 Å². The van der Waals surface area contributed by atoms with Gasteiger partial charge in [-0.15, -0.1) is 0 Å². The molecule has 0 aliphatic carbocycles. The van der Waals surface area contributed by atoms with Gasteiger partial charge in [-0.1, -0.05) is 6.07 Å². The molecule has 1 aromatic rings. The van der Waals surface area contributed by atoms with Crippen LogP contribution in [0.5, 0.6) is 0 Å². The third-order valence-electron chi connectivity index (χ3n) is 3.84. The third kappa shape index (κ3) is 1.35. The Morgan fingerprint density at radius 3 is 3.12 bits per heavy atom. The van der Waals surface area contributed by atoms with E-state index in [1.807, 2.05) is 12.1 Å². The number of fused-ring (bicyclic) bond motifs is 2. The fraction of sp³-hybridized carbons (Fsp3) is 0.462. The second kappa shape index (κ2) is 3.58. The molecule has 1 saturated heterocycles. The van der Waals surface area contributed by atoms with Crippen LogP contribution >= 0.6 is 0 Å². The highest BCUT2D eigenvalue weighted by Gasteiger charge is 2.35. The molecular formula is C13H15N3. The Labute approximate surface area is 95.5 Å². The SMILES string of the molecule is N#Cc1ccc2c(c1)C(N)[C@@H]1CCCN1C2. The molecule has 2 atom stereocenters. The van der Waals surface area contributed by atoms with E-state index in [4.69, 9.17) is 11.0 Å². The van der Waals surface area contributed by atoms with Crippen molar-refractivity contribution in [2.24, 2.45) is 5.73 Å². The molecule has 3 nitrogen and oxygen atoms in total. The summed E-state index contributed by atoms with van der Waals surface area (Å²) < 4.78 is 0. The van der Waals surface area contributed by atoms with Gasteiger partial charge in [-0.05, 0) is 42.6 Å². The quantitative estimate of drug-likeness (QED) is 0.711. The second-order valence-electron chi connectivity index (χ2n) is 4.73. The van der Waals surface area contributed by atoms with Gasteiger partial charge in [0.25, 0.3) is 0 Å². The molecule has 0 radical (unpaired) electrons. The number of nitrogens with two attached hydrogens (primary N) is 1. The number of rotatable bonds is 0. The van der Waals surface area contributed by atoms with E-state index in [0.717, 1.165) is 18.7 Å². The highest BCUT2D eigenvalue weighted by molar-refractivity contribution is 5.41. The number of hydrogen-bond donors (Lipinski definition) is 1. The summed E-state index contributed by atoms with van der Waals surface area (Å²) >= 11 is 0. The standard InChI is InChI=1S/C13H15N3/c14-7-9-3-4-10-8-16-5-1-2-12(16)13(15)11(10)6-9/h3-4,6,12-13H,1-2,5,8,15H2/t12-,13?/m0/s1. The molecule has 16 heavy (non-hydrogen) atoms. The van der Waals surface area contributed by atoms with Crippen LogP contribution in [-0.2, 0) is 6.54 Å². The lowest BCUT2D eigenvalue weighted by Gasteiger charge is -2.36. The molecule has 3 rings (SSSR count). The van der Waals surface area contributed by atoms with E-state index in [-0.39, 0.29) is 6.04 Å². The Balaban J connectivity index is 2.05. The first-order valence-corrected chi connectivity index (χ1v) is 5.82. The van der Waals surface area contributed by atoms with Crippen molar-refractivity contribution in [3.05, 3.63) is 34.9 Å². The van der Waals surface area contributed by atoms with Gasteiger partial charge in [0.1, 0.15) is 0 Å². The van der Waals surface area contributed by atoms with Crippen molar-refractivity contribution in [3.8, 4) is 6.07 Å². The fourth-order valence-corrected chi connectivity index (χ4v) is 3.00. The normalized spacial score (nSPS) is 28.2. The van der Waals surface area contributed by atoms with E-state index in [9.17, 15) is 0 Å². The summed E-state index contributed by atoms with van der Waals surface area (Å²) in [5.41, 5.74) is 9.51. The van der Waals surface area contributed by atoms with Gasteiger partial charge in [-0.2, -0.15) is 5.26 Å². The Bertz CT molecular complexity index is 461. The molecule has 0 saturated carbocycles. The number of benzene rings is 1. The van der Waals surface area contributed by atoms with Crippen molar-refractivity contribution < 1.29 is 0 Å². The van der Waals surface area contributed by atoms with Crippen LogP contribution in [0.3, 0.4) is 0 Å². The average Bonchev–Trinajstić information content (AvgIpc) is 2.77. The van der Waals surface area contributed by atoms with Crippen molar-refractivity contribution in [3.63, 3.8) is 0 Å². The van der Waals surface area contributed by atoms with E-state index in [0.29, 0.717) is 6.04 Å². The Morgan fingerprint density at radius 1 is 1.44 bits per heavy atom. The van der Waals surface area contributed by atoms with E-state index in [2.05, 4.69) is 17.0 Å². The first-order valence-electron chi connectivity index (χ1n) is 5.82. The summed E-state index contributed by atoms with van der Waals surface area (Å²) in [7, 11) is 0. The van der Waals surface area contributed by atoms with Gasteiger partial charge in [0.05, 0.1) is 11.6 Å². The minimum atomic E-state index is 0.0829. The van der Waals surface area contributed by atoms with E-state index in [1.165, 1.54) is 24.0 Å². The molecule has 0 spiro atoms. The summed E-state index contributed by atoms with van der Waals surface area (Å²) in [4.78, 5) is 2.47. The Morgan fingerprint density at radius 2 is 2.31 bits per heavy atom. The summed E-state index contributed by atoms with van der Waals surface area (Å²) in [6, 6.07) is 8.68. The van der Waals surface area contributed by atoms with Crippen molar-refractivity contribution in [1.82, 2.24) is 4.90 Å². The maximum absolute atomic E-state index is 8.91. The summed E-state index contributed by atoms with van der Waals surface area (Å²) in [5, 5.41) is 8.91. The van der Waals surface area contributed by atoms with Crippen LogP contribution in [0.25, 0.3) is 0 Å². The molecule has 2 aliphatic heterocycles. The fourth-order valence-electron chi connectivity index (χ4n) is 3.00. The topological polar surface area (TPSA) is 53.1 Å². The minimum absolute atomic E-state index is 0.0829. The van der Waals surface area contributed by atoms with Crippen molar-refractivity contribution in [2.45, 2.75) is 31.5 Å². The molecule has 1 unspecified atom stereocenters. The largest absolute Gasteiger partial charge is 0.323 e. The van der Waals surface area contributed by atoms with Crippen molar-refractivity contribution in [2.75, 3.05) is 6.54 Å². The molecule has 0 bridgehead atoms. The van der Waals surface area contributed by atoms with Gasteiger partial charge >= 0.3 is 0 Å². The van der Waals surface area contributed by atoms with E-state index in [1.54, 1.807) is 0 Å². The molecule has 2 N–H and O–H groups in total. The Kier molecular flexibility index (Phi) is 2.20. The zero-order chi connectivity index (χ0) is 11.1. The molecular weight excluding hydrogens is 198 g/mol. The summed E-state index contributed by atoms with van der Waals surface area (Å²) in [6.07, 6.45) is 2.44. The van der Waals surface area contributed by atoms with Crippen LogP contribution in [0, 0.1) is 11.3 Å². The Hall–Kier alpha value is -1.37. The first kappa shape index (κ1) is 9.83. The van der Waals surface area contributed by atoms with Gasteiger partial charge in [-0.3, -0.25) is 4.90 Å². The highest BCUT2D eigenvalue weighted by atomic mass is 15.2. The summed E-state index contributed by atoms with van der Waals surface area (Å²) in [6.45, 7) is 2.16. The van der Waals surface area contributed by atoms with Crippen LogP contribution in [0.4, 0.5) is 0 Å². The van der Waals surface area contributed by atoms with Crippen LogP contribution in [-0.4, -0.2) is 17.5 Å². The third-order valence-corrected chi connectivity index (χ3v) is 3.84. The maximum atomic E-state index is 8.91. The zero-order valence-electron chi connectivity index (χ0n) is 9.19. The lowest BCUT2D eigenvalue weighted by Crippen LogP contribution is -2.42. The van der Waals surface area contributed by atoms with Crippen LogP contribution in [0.1, 0.15) is 35.6 Å². The van der Waals surface area contributed by atoms with Gasteiger partial charge in [-0.25, -0.2) is 0 Å². The zero-order valence-corrected chi connectivity index (χ0v) is 9.19. The molecule has 1 aromatic carbocycles. The predicted octanol–water partition coefficient (Wildman–Crippen LogP) is 1.54. The van der Waals surface area contributed by atoms with E-state index < -0.39 is 0 Å². The molecule has 82 valence electrons. The van der Waals surface area contributed by atoms with Gasteiger partial charge in [0, 0.05) is 18.6 Å². The number of nitrogens with zero attached hydrogens (tertiary/aromatic N) is 2. The first-order chi connectivity index (χ1) is 7.79. The maximum Gasteiger partial charge on any atom is 0.0991 e. The highest BCUT2D eigenvalue weighted by Crippen LogP contribution is 2.36. The molecule has 0 amide bonds. The molecule has 0 aromatic heterocycles. The lowest BCUT2D eigenvalue weighted by atomic mass is 9.89. The molecule has 1 fully saturated rings. The monoisotopic (exact) mass is 213 g/mol. The summed E-state index contributed by atoms with van der Waals surface area (Å²) in [5.74, 6) is 0. The van der Waals surface area contributed by atoms with Crippen molar-refractivity contribution >= 4 is 0 Å². The van der Waals surface area contributed by atoms with Gasteiger partial charge in [0.15, 0.2) is 0 Å². The van der Waals surface area contributed by atoms with Crippen LogP contribution < -0.4 is 5.73 Å². The molecule has 2 aliphatic rings. The van der Waals surface area contributed by atoms with E-state index >= 15 is 0 Å². The molecule has 3 heteroatoms. The number of hydrogen-bond acceptors (Lipinski definition) is 3. The number of nitriles is 1. The molecule has 2 heterocycles. The smallest absolute Gasteiger partial charge is 0.0991 e. The van der Waals surface area contributed by atoms with Crippen LogP contribution in [0.15, 0.2) is 18.2 Å². The van der Waals surface area contributed by atoms with Crippen LogP contribution in [0.2, 0.25) is 0 Å². The van der Waals surface area contributed by atoms with Gasteiger partial charge < -0.3 is 5.73 Å². The minimum Gasteiger partial charge on any atom is -0.323 e. The second-order valence-corrected chi connectivity index (χ2v) is 4.73. The predicted molar refractivity (Wildman–Crippen MR) is 61.5 cm³/mol. The average molecular weight is 213 g/mol. The lowest BCUT2D eigenvalue weighted by molar-refractivity contribution is 0.197. The van der Waals surface area contributed by atoms with Gasteiger partial charge in [0.2, 0.25) is 0 Å².